The Balaban J connectivity index is 0.00000363. The van der Waals surface area contributed by atoms with Crippen molar-refractivity contribution in [1.82, 2.24) is 19.5 Å². The van der Waals surface area contributed by atoms with Gasteiger partial charge in [0.15, 0.2) is 11.5 Å². The van der Waals surface area contributed by atoms with Gasteiger partial charge in [0, 0.05) is 0 Å². The maximum Gasteiger partial charge on any atom is 2.00 e. The first-order chi connectivity index (χ1) is 14.2. The summed E-state index contributed by atoms with van der Waals surface area (Å²) >= 11 is 0. The summed E-state index contributed by atoms with van der Waals surface area (Å²) in [4.78, 5) is 47.0. The Kier molecular flexibility index (Phi) is 8.39. The van der Waals surface area contributed by atoms with Crippen molar-refractivity contribution in [3.05, 3.63) is 12.7 Å². The molecule has 18 nitrogen and oxygen atoms in total. The van der Waals surface area contributed by atoms with Crippen LogP contribution in [0.25, 0.3) is 11.2 Å². The molecule has 0 aliphatic carbocycles. The number of hydrogen-bond donors (Lipinski definition) is 5. The van der Waals surface area contributed by atoms with Gasteiger partial charge in [-0.1, -0.05) is 6.10 Å². The summed E-state index contributed by atoms with van der Waals surface area (Å²) in [5.41, 5.74) is 5.86. The summed E-state index contributed by atoms with van der Waals surface area (Å²) in [6, 6.07) is 0. The molecule has 1 aliphatic heterocycles. The number of nitrogens with zero attached hydrogens (tertiary/aromatic N) is 4. The first-order valence-corrected chi connectivity index (χ1v) is 12.4. The Hall–Kier alpha value is -0.841. The number of rotatable bonds is 8. The second-order valence-electron chi connectivity index (χ2n) is 5.96. The fourth-order valence-electron chi connectivity index (χ4n) is 2.59. The minimum absolute atomic E-state index is 0. The van der Waals surface area contributed by atoms with E-state index in [1.165, 1.54) is 0 Å². The monoisotopic (exact) mass is 568 g/mol. The Morgan fingerprint density at radius 3 is 2.34 bits per heavy atom. The molecule has 3 rings (SSSR count). The number of nitrogens with two attached hydrogens (primary N) is 1. The Morgan fingerprint density at radius 2 is 1.72 bits per heavy atom. The summed E-state index contributed by atoms with van der Waals surface area (Å²) in [5.74, 6) is 0.00655. The van der Waals surface area contributed by atoms with E-state index in [2.05, 4.69) is 28.1 Å². The van der Waals surface area contributed by atoms with Crippen molar-refractivity contribution < 1.29 is 78.4 Å². The van der Waals surface area contributed by atoms with Gasteiger partial charge in [-0.2, -0.15) is 8.62 Å². The molecule has 2 aromatic heterocycles. The van der Waals surface area contributed by atoms with E-state index in [0.717, 1.165) is 17.2 Å². The van der Waals surface area contributed by atoms with Gasteiger partial charge in [0.05, 0.1) is 19.0 Å². The first-order valence-electron chi connectivity index (χ1n) is 7.87. The molecule has 1 aliphatic rings. The van der Waals surface area contributed by atoms with Gasteiger partial charge in [0.1, 0.15) is 18.1 Å². The molecular formula is C10H14CuN5O13P3. The van der Waals surface area contributed by atoms with Crippen LogP contribution in [0.5, 0.6) is 0 Å². The van der Waals surface area contributed by atoms with Gasteiger partial charge < -0.3 is 40.3 Å². The van der Waals surface area contributed by atoms with Crippen molar-refractivity contribution in [3.8, 4) is 0 Å². The number of nitrogen functional groups attached to an aromatic ring is 1. The van der Waals surface area contributed by atoms with E-state index in [1.807, 2.05) is 0 Å². The average molecular weight is 569 g/mol. The molecule has 0 saturated carbocycles. The molecule has 3 heterocycles. The van der Waals surface area contributed by atoms with Crippen LogP contribution in [0.15, 0.2) is 12.7 Å². The third-order valence-electron chi connectivity index (χ3n) is 3.76. The molecule has 0 bridgehead atoms. The van der Waals surface area contributed by atoms with Crippen molar-refractivity contribution >= 4 is 40.4 Å². The van der Waals surface area contributed by atoms with E-state index in [1.54, 1.807) is 0 Å². The Labute approximate surface area is 188 Å². The molecule has 6 N–H and O–H groups in total. The number of hydrogen-bond acceptors (Lipinski definition) is 13. The molecule has 32 heavy (non-hydrogen) atoms. The van der Waals surface area contributed by atoms with Crippen LogP contribution in [0.2, 0.25) is 0 Å². The molecule has 2 aromatic rings. The Bertz CT molecular complexity index is 1110. The minimum atomic E-state index is -5.73. The van der Waals surface area contributed by atoms with E-state index in [9.17, 15) is 28.8 Å². The van der Waals surface area contributed by atoms with E-state index in [-0.39, 0.29) is 34.1 Å². The number of imidazole rings is 1. The normalized spacial score (nSPS) is 27.6. The van der Waals surface area contributed by atoms with Gasteiger partial charge in [-0.05, 0) is 0 Å². The molecule has 6 atom stereocenters. The summed E-state index contributed by atoms with van der Waals surface area (Å²) in [7, 11) is -16.8. The van der Waals surface area contributed by atoms with Crippen molar-refractivity contribution in [2.24, 2.45) is 0 Å². The van der Waals surface area contributed by atoms with Gasteiger partial charge >= 0.3 is 40.5 Å². The molecule has 183 valence electrons. The largest absolute Gasteiger partial charge is 2.00 e. The third-order valence-corrected chi connectivity index (χ3v) is 7.57. The molecule has 2 unspecified atom stereocenters. The van der Waals surface area contributed by atoms with Gasteiger partial charge in [-0.25, -0.2) is 28.6 Å². The predicted octanol–water partition coefficient (Wildman–Crippen LogP) is -2.90. The van der Waals surface area contributed by atoms with Crippen LogP contribution in [-0.2, 0) is 48.6 Å². The van der Waals surface area contributed by atoms with Crippen molar-refractivity contribution in [1.29, 1.82) is 0 Å². The third kappa shape index (κ3) is 6.39. The van der Waals surface area contributed by atoms with E-state index in [4.69, 9.17) is 25.2 Å². The zero-order chi connectivity index (χ0) is 23.2. The summed E-state index contributed by atoms with van der Waals surface area (Å²) in [6.07, 6.45) is -4.86. The van der Waals surface area contributed by atoms with Crippen molar-refractivity contribution in [2.75, 3.05) is 12.3 Å². The number of anilines is 1. The summed E-state index contributed by atoms with van der Waals surface area (Å²) in [5, 5.41) is 24.6. The predicted molar refractivity (Wildman–Crippen MR) is 91.0 cm³/mol. The van der Waals surface area contributed by atoms with Gasteiger partial charge in [-0.15, -0.1) is 6.10 Å². The zero-order valence-electron chi connectivity index (χ0n) is 15.1. The number of phosphoric acid groups is 3. The molecule has 0 amide bonds. The fraction of sp³-hybridized carbons (Fsp3) is 0.500. The van der Waals surface area contributed by atoms with Crippen LogP contribution >= 0.6 is 23.5 Å². The number of phosphoric ester groups is 1. The number of aromatic nitrogens is 4. The van der Waals surface area contributed by atoms with Gasteiger partial charge in [-0.3, -0.25) is 9.09 Å². The molecular weight excluding hydrogens is 555 g/mol. The number of ether oxygens (including phenoxy) is 1. The zero-order valence-corrected chi connectivity index (χ0v) is 18.8. The summed E-state index contributed by atoms with van der Waals surface area (Å²) < 4.78 is 51.5. The van der Waals surface area contributed by atoms with Crippen LogP contribution in [0, 0.1) is 0 Å². The van der Waals surface area contributed by atoms with Crippen LogP contribution in [0.3, 0.4) is 0 Å². The van der Waals surface area contributed by atoms with E-state index >= 15 is 0 Å². The SMILES string of the molecule is Nc1ncnc2c1ncn2[C@@H]1O[C@H](COP(=O)(O)OP(=O)(O)OP(=O)(O)O)[C@@H]([O-])[C@H]1[O-].[Cu+2]. The van der Waals surface area contributed by atoms with E-state index in [0.29, 0.717) is 0 Å². The molecule has 0 aromatic carbocycles. The molecule has 22 heteroatoms. The maximum absolute atomic E-state index is 12.4. The second-order valence-corrected chi connectivity index (χ2v) is 10.4. The smallest absolute Gasteiger partial charge is 0.851 e. The quantitative estimate of drug-likeness (QED) is 0.158. The van der Waals surface area contributed by atoms with E-state index < -0.39 is 54.6 Å². The molecule has 1 radical (unpaired) electrons. The number of fused-ring (bicyclic) bond motifs is 1. The van der Waals surface area contributed by atoms with Crippen LogP contribution in [0.1, 0.15) is 6.23 Å². The standard InChI is InChI=1S/C10H14N5O13P3.Cu/c11-8-5-9(13-2-12-8)15(3-14-5)10-7(17)6(16)4(26-10)1-25-30(21,22)28-31(23,24)27-29(18,19)20;/h2-4,6-7,10H,1H2,(H,21,22)(H,23,24)(H2,11,12,13)(H2,18,19,20);/q-2;+2/t4-,6-,7-,10-;/m1./s1. The minimum Gasteiger partial charge on any atom is -0.851 e. The summed E-state index contributed by atoms with van der Waals surface area (Å²) in [6.45, 7) is -1.06. The van der Waals surface area contributed by atoms with Crippen molar-refractivity contribution in [3.63, 3.8) is 0 Å². The molecule has 1 fully saturated rings. The fourth-order valence-corrected chi connectivity index (χ4v) is 5.62. The van der Waals surface area contributed by atoms with Crippen LogP contribution in [-0.4, -0.2) is 64.0 Å². The molecule has 0 spiro atoms. The topological polar surface area (TPSA) is 285 Å². The van der Waals surface area contributed by atoms with Crippen LogP contribution < -0.4 is 15.9 Å². The maximum atomic E-state index is 12.4. The van der Waals surface area contributed by atoms with Crippen LogP contribution in [0.4, 0.5) is 5.82 Å². The second kappa shape index (κ2) is 9.80. The van der Waals surface area contributed by atoms with Gasteiger partial charge in [0.25, 0.3) is 0 Å². The average Bonchev–Trinajstić information content (AvgIpc) is 3.13. The van der Waals surface area contributed by atoms with Gasteiger partial charge in [0.2, 0.25) is 0 Å². The van der Waals surface area contributed by atoms with Crippen molar-refractivity contribution in [2.45, 2.75) is 24.5 Å². The first kappa shape index (κ1) is 27.4. The Morgan fingerprint density at radius 1 is 1.06 bits per heavy atom. The molecule has 1 saturated heterocycles.